The molecule has 0 aromatic carbocycles. The standard InChI is InChI=1S/C5H8O2.Ni.2H2O/c1-4(6)3-5(2)7;;;/h3,6H,1-2H3;;2*1H2/q;+2;;/p-1. The Hall–Kier alpha value is -0.376. The van der Waals surface area contributed by atoms with Crippen molar-refractivity contribution >= 4 is 5.78 Å². The van der Waals surface area contributed by atoms with Gasteiger partial charge in [0.05, 0.1) is 0 Å². The molecule has 0 aliphatic rings. The maximum absolute atomic E-state index is 9.98. The van der Waals surface area contributed by atoms with E-state index in [1.807, 2.05) is 0 Å². The number of ketones is 1. The number of hydrogen-bond acceptors (Lipinski definition) is 2. The molecule has 64 valence electrons. The second-order valence-corrected chi connectivity index (χ2v) is 1.37. The van der Waals surface area contributed by atoms with E-state index in [1.165, 1.54) is 13.8 Å². The predicted molar refractivity (Wildman–Crippen MR) is 31.7 cm³/mol. The van der Waals surface area contributed by atoms with Crippen LogP contribution in [0.3, 0.4) is 0 Å². The third-order valence-electron chi connectivity index (χ3n) is 0.407. The van der Waals surface area contributed by atoms with Crippen molar-refractivity contribution < 1.29 is 37.3 Å². The molecule has 0 aliphatic heterocycles. The third-order valence-corrected chi connectivity index (χ3v) is 0.407. The predicted octanol–water partition coefficient (Wildman–Crippen LogP) is -1.81. The summed E-state index contributed by atoms with van der Waals surface area (Å²) in [5, 5.41) is 9.98. The van der Waals surface area contributed by atoms with Gasteiger partial charge < -0.3 is 16.1 Å². The molecule has 4 nitrogen and oxygen atoms in total. The molecule has 0 saturated carbocycles. The first kappa shape index (κ1) is 22.6. The van der Waals surface area contributed by atoms with Crippen molar-refractivity contribution in [2.75, 3.05) is 0 Å². The summed E-state index contributed by atoms with van der Waals surface area (Å²) in [6.07, 6.45) is 1.06. The van der Waals surface area contributed by atoms with Crippen LogP contribution in [0, 0.1) is 0 Å². The van der Waals surface area contributed by atoms with Crippen LogP contribution in [-0.2, 0) is 21.3 Å². The zero-order valence-electron chi connectivity index (χ0n) is 5.71. The first-order chi connectivity index (χ1) is 3.13. The van der Waals surface area contributed by atoms with E-state index in [9.17, 15) is 9.90 Å². The summed E-state index contributed by atoms with van der Waals surface area (Å²) in [4.78, 5) is 9.98. The van der Waals surface area contributed by atoms with Crippen molar-refractivity contribution in [1.29, 1.82) is 0 Å². The Morgan fingerprint density at radius 3 is 1.60 bits per heavy atom. The molecule has 0 unspecified atom stereocenters. The molecule has 0 radical (unpaired) electrons. The van der Waals surface area contributed by atoms with Crippen molar-refractivity contribution in [3.05, 3.63) is 11.8 Å². The van der Waals surface area contributed by atoms with Gasteiger partial charge in [0.2, 0.25) is 0 Å². The fourth-order valence-corrected chi connectivity index (χ4v) is 0.286. The number of carbonyl (C=O) groups excluding carboxylic acids is 1. The SMILES string of the molecule is CC(=O)C=C(C)[O-].O.O.[Ni+2]. The molecule has 0 heterocycles. The smallest absolute Gasteiger partial charge is 0.876 e. The van der Waals surface area contributed by atoms with E-state index in [-0.39, 0.29) is 39.0 Å². The summed E-state index contributed by atoms with van der Waals surface area (Å²) in [7, 11) is 0. The fraction of sp³-hybridized carbons (Fsp3) is 0.400. The molecule has 0 amide bonds. The average Bonchev–Trinajstić information content (AvgIpc) is 1.27. The zero-order valence-corrected chi connectivity index (χ0v) is 6.70. The monoisotopic (exact) mass is 193 g/mol. The van der Waals surface area contributed by atoms with E-state index in [2.05, 4.69) is 0 Å². The van der Waals surface area contributed by atoms with E-state index >= 15 is 0 Å². The van der Waals surface area contributed by atoms with E-state index in [0.29, 0.717) is 0 Å². The van der Waals surface area contributed by atoms with Crippen LogP contribution in [-0.4, -0.2) is 16.7 Å². The molecule has 4 N–H and O–H groups in total. The Bertz CT molecular complexity index is 106. The van der Waals surface area contributed by atoms with Crippen LogP contribution in [0.2, 0.25) is 0 Å². The Morgan fingerprint density at radius 1 is 1.30 bits per heavy atom. The van der Waals surface area contributed by atoms with Crippen molar-refractivity contribution in [3.63, 3.8) is 0 Å². The van der Waals surface area contributed by atoms with Crippen LogP contribution in [0.25, 0.3) is 0 Å². The molecule has 10 heavy (non-hydrogen) atoms. The molecule has 0 bridgehead atoms. The van der Waals surface area contributed by atoms with Gasteiger partial charge in [-0.05, 0) is 13.0 Å². The fourth-order valence-electron chi connectivity index (χ4n) is 0.286. The Kier molecular flexibility index (Phi) is 25.9. The van der Waals surface area contributed by atoms with Crippen LogP contribution in [0.5, 0.6) is 0 Å². The van der Waals surface area contributed by atoms with Gasteiger partial charge >= 0.3 is 16.5 Å². The Labute approximate surface area is 69.5 Å². The average molecular weight is 194 g/mol. The van der Waals surface area contributed by atoms with Gasteiger partial charge in [0.1, 0.15) is 0 Å². The van der Waals surface area contributed by atoms with Crippen molar-refractivity contribution in [2.24, 2.45) is 0 Å². The number of hydrogen-bond donors (Lipinski definition) is 0. The Morgan fingerprint density at radius 2 is 1.60 bits per heavy atom. The van der Waals surface area contributed by atoms with E-state index in [4.69, 9.17) is 0 Å². The minimum Gasteiger partial charge on any atom is -0.876 e. The van der Waals surface area contributed by atoms with Crippen LogP contribution >= 0.6 is 0 Å². The molecular formula is C5H11NiO4+. The molecule has 0 saturated heterocycles. The molecular weight excluding hydrogens is 183 g/mol. The summed E-state index contributed by atoms with van der Waals surface area (Å²) in [5.41, 5.74) is 0. The molecule has 5 heteroatoms. The maximum Gasteiger partial charge on any atom is 2.00 e. The zero-order chi connectivity index (χ0) is 5.86. The quantitative estimate of drug-likeness (QED) is 0.278. The molecule has 0 fully saturated rings. The van der Waals surface area contributed by atoms with Crippen molar-refractivity contribution in [1.82, 2.24) is 0 Å². The summed E-state index contributed by atoms with van der Waals surface area (Å²) in [6.45, 7) is 2.70. The summed E-state index contributed by atoms with van der Waals surface area (Å²) < 4.78 is 0. The van der Waals surface area contributed by atoms with Crippen LogP contribution < -0.4 is 5.11 Å². The summed E-state index contributed by atoms with van der Waals surface area (Å²) in [6, 6.07) is 0. The Balaban J connectivity index is -0.0000000600. The topological polar surface area (TPSA) is 103 Å². The van der Waals surface area contributed by atoms with Crippen LogP contribution in [0.15, 0.2) is 11.8 Å². The van der Waals surface area contributed by atoms with E-state index < -0.39 is 0 Å². The van der Waals surface area contributed by atoms with E-state index in [1.54, 1.807) is 0 Å². The van der Waals surface area contributed by atoms with Crippen LogP contribution in [0.4, 0.5) is 0 Å². The maximum atomic E-state index is 9.98. The molecule has 0 aromatic rings. The van der Waals surface area contributed by atoms with Gasteiger partial charge in [0.15, 0.2) is 5.78 Å². The molecule has 0 rings (SSSR count). The normalized spacial score (nSPS) is 8.00. The number of allylic oxidation sites excluding steroid dienone is 2. The first-order valence-corrected chi connectivity index (χ1v) is 1.99. The minimum atomic E-state index is -0.187. The molecule has 0 aliphatic carbocycles. The third kappa shape index (κ3) is 25.5. The van der Waals surface area contributed by atoms with E-state index in [0.717, 1.165) is 6.08 Å². The summed E-state index contributed by atoms with van der Waals surface area (Å²) >= 11 is 0. The van der Waals surface area contributed by atoms with Crippen molar-refractivity contribution in [2.45, 2.75) is 13.8 Å². The van der Waals surface area contributed by atoms with Gasteiger partial charge in [0.25, 0.3) is 0 Å². The molecule has 0 spiro atoms. The van der Waals surface area contributed by atoms with Gasteiger partial charge in [-0.1, -0.05) is 6.92 Å². The van der Waals surface area contributed by atoms with Gasteiger partial charge in [-0.3, -0.25) is 4.79 Å². The number of carbonyl (C=O) groups is 1. The first-order valence-electron chi connectivity index (χ1n) is 1.99. The molecule has 0 aromatic heterocycles. The largest absolute Gasteiger partial charge is 2.00 e. The van der Waals surface area contributed by atoms with Gasteiger partial charge in [-0.15, -0.1) is 5.76 Å². The molecule has 0 atom stereocenters. The minimum absolute atomic E-state index is 0. The second kappa shape index (κ2) is 11.4. The van der Waals surface area contributed by atoms with Crippen molar-refractivity contribution in [3.8, 4) is 0 Å². The second-order valence-electron chi connectivity index (χ2n) is 1.37. The van der Waals surface area contributed by atoms with Gasteiger partial charge in [-0.25, -0.2) is 0 Å². The number of rotatable bonds is 1. The van der Waals surface area contributed by atoms with Crippen LogP contribution in [0.1, 0.15) is 13.8 Å². The van der Waals surface area contributed by atoms with Gasteiger partial charge in [0, 0.05) is 0 Å². The summed E-state index contributed by atoms with van der Waals surface area (Å²) in [5.74, 6) is -0.375. The van der Waals surface area contributed by atoms with Gasteiger partial charge in [-0.2, -0.15) is 0 Å².